The zero-order valence-electron chi connectivity index (χ0n) is 8.71. The van der Waals surface area contributed by atoms with Crippen molar-refractivity contribution < 1.29 is 9.18 Å². The molecule has 0 radical (unpaired) electrons. The summed E-state index contributed by atoms with van der Waals surface area (Å²) in [4.78, 5) is 11.7. The van der Waals surface area contributed by atoms with Gasteiger partial charge in [-0.15, -0.1) is 0 Å². The summed E-state index contributed by atoms with van der Waals surface area (Å²) < 4.78 is 13.5. The summed E-state index contributed by atoms with van der Waals surface area (Å²) in [5.74, 6) is -0.787. The summed E-state index contributed by atoms with van der Waals surface area (Å²) in [5.41, 5.74) is 1.07. The molecule has 0 saturated carbocycles. The van der Waals surface area contributed by atoms with Crippen LogP contribution < -0.4 is 5.32 Å². The second kappa shape index (κ2) is 5.09. The second-order valence-electron chi connectivity index (χ2n) is 3.39. The molecule has 88 valence electrons. The average Bonchev–Trinajstić information content (AvgIpc) is 2.82. The first-order valence-electron chi connectivity index (χ1n) is 4.88. The number of nitrogens with zero attached hydrogens (tertiary/aromatic N) is 1. The van der Waals surface area contributed by atoms with Gasteiger partial charge in [-0.25, -0.2) is 4.39 Å². The highest BCUT2D eigenvalue weighted by Crippen LogP contribution is 2.16. The van der Waals surface area contributed by atoms with Crippen LogP contribution in [-0.4, -0.2) is 16.1 Å². The molecule has 2 aromatic rings. The number of benzene rings is 1. The molecule has 0 aliphatic carbocycles. The first-order valence-corrected chi connectivity index (χ1v) is 5.67. The van der Waals surface area contributed by atoms with Gasteiger partial charge in [0, 0.05) is 11.8 Å². The zero-order chi connectivity index (χ0) is 12.3. The maximum Gasteiger partial charge on any atom is 0.251 e. The van der Waals surface area contributed by atoms with Crippen molar-refractivity contribution >= 4 is 21.8 Å². The molecule has 1 amide bonds. The highest BCUT2D eigenvalue weighted by Gasteiger charge is 2.08. The lowest BCUT2D eigenvalue weighted by molar-refractivity contribution is 0.0950. The minimum Gasteiger partial charge on any atom is -0.346 e. The van der Waals surface area contributed by atoms with Gasteiger partial charge in [0.05, 0.1) is 16.7 Å². The molecular weight excluding hydrogens is 289 g/mol. The quantitative estimate of drug-likeness (QED) is 0.913. The molecule has 0 unspecified atom stereocenters. The molecule has 4 nitrogen and oxygen atoms in total. The molecule has 0 atom stereocenters. The molecular formula is C11H9BrFN3O. The van der Waals surface area contributed by atoms with Crippen molar-refractivity contribution in [1.29, 1.82) is 0 Å². The van der Waals surface area contributed by atoms with Crippen LogP contribution in [0.15, 0.2) is 34.9 Å². The minimum absolute atomic E-state index is 0.283. The summed E-state index contributed by atoms with van der Waals surface area (Å²) >= 11 is 3.03. The van der Waals surface area contributed by atoms with Crippen molar-refractivity contribution in [2.24, 2.45) is 0 Å². The lowest BCUT2D eigenvalue weighted by Crippen LogP contribution is -2.23. The van der Waals surface area contributed by atoms with Crippen molar-refractivity contribution in [1.82, 2.24) is 15.5 Å². The van der Waals surface area contributed by atoms with Gasteiger partial charge in [0.2, 0.25) is 0 Å². The first kappa shape index (κ1) is 11.8. The van der Waals surface area contributed by atoms with Crippen LogP contribution in [0.1, 0.15) is 16.1 Å². The maximum atomic E-state index is 13.2. The van der Waals surface area contributed by atoms with Crippen LogP contribution in [0, 0.1) is 5.82 Å². The fourth-order valence-corrected chi connectivity index (χ4v) is 1.54. The van der Waals surface area contributed by atoms with Gasteiger partial charge in [0.25, 0.3) is 5.91 Å². The predicted molar refractivity (Wildman–Crippen MR) is 63.9 cm³/mol. The van der Waals surface area contributed by atoms with E-state index in [0.29, 0.717) is 11.0 Å². The molecule has 1 aromatic carbocycles. The summed E-state index contributed by atoms with van der Waals surface area (Å²) in [7, 11) is 0. The summed E-state index contributed by atoms with van der Waals surface area (Å²) in [6.45, 7) is 0.330. The van der Waals surface area contributed by atoms with Crippen molar-refractivity contribution in [3.8, 4) is 0 Å². The van der Waals surface area contributed by atoms with E-state index in [1.165, 1.54) is 12.1 Å². The number of hydrogen-bond acceptors (Lipinski definition) is 2. The number of aromatic nitrogens is 2. The van der Waals surface area contributed by atoms with Crippen LogP contribution in [0.25, 0.3) is 0 Å². The van der Waals surface area contributed by atoms with Crippen molar-refractivity contribution in [2.75, 3.05) is 0 Å². The number of aromatic amines is 1. The molecule has 6 heteroatoms. The van der Waals surface area contributed by atoms with E-state index >= 15 is 0 Å². The van der Waals surface area contributed by atoms with E-state index in [4.69, 9.17) is 0 Å². The van der Waals surface area contributed by atoms with Gasteiger partial charge in [-0.05, 0) is 40.2 Å². The third-order valence-electron chi connectivity index (χ3n) is 2.18. The number of amides is 1. The molecule has 0 aliphatic heterocycles. The average molecular weight is 298 g/mol. The lowest BCUT2D eigenvalue weighted by Gasteiger charge is -2.04. The SMILES string of the molecule is O=C(NCc1ccn[nH]1)c1ccc(Br)c(F)c1. The van der Waals surface area contributed by atoms with E-state index in [1.807, 2.05) is 0 Å². The molecule has 17 heavy (non-hydrogen) atoms. The van der Waals surface area contributed by atoms with Crippen LogP contribution >= 0.6 is 15.9 Å². The van der Waals surface area contributed by atoms with Gasteiger partial charge in [0.1, 0.15) is 5.82 Å². The van der Waals surface area contributed by atoms with Crippen LogP contribution in [0.5, 0.6) is 0 Å². The lowest BCUT2D eigenvalue weighted by atomic mass is 10.2. The van der Waals surface area contributed by atoms with Crippen LogP contribution in [-0.2, 0) is 6.54 Å². The fourth-order valence-electron chi connectivity index (χ4n) is 1.30. The van der Waals surface area contributed by atoms with E-state index < -0.39 is 5.82 Å². The molecule has 2 rings (SSSR count). The highest BCUT2D eigenvalue weighted by atomic mass is 79.9. The van der Waals surface area contributed by atoms with Gasteiger partial charge < -0.3 is 5.32 Å². The maximum absolute atomic E-state index is 13.2. The third kappa shape index (κ3) is 2.91. The Morgan fingerprint density at radius 2 is 2.29 bits per heavy atom. The molecule has 2 N–H and O–H groups in total. The Kier molecular flexibility index (Phi) is 3.53. The largest absolute Gasteiger partial charge is 0.346 e. The number of carbonyl (C=O) groups excluding carboxylic acids is 1. The van der Waals surface area contributed by atoms with Gasteiger partial charge in [0.15, 0.2) is 0 Å². The number of H-pyrrole nitrogens is 1. The Hall–Kier alpha value is -1.69. The van der Waals surface area contributed by atoms with E-state index in [2.05, 4.69) is 31.4 Å². The fraction of sp³-hybridized carbons (Fsp3) is 0.0909. The van der Waals surface area contributed by atoms with Gasteiger partial charge in [-0.1, -0.05) is 0 Å². The Balaban J connectivity index is 2.02. The van der Waals surface area contributed by atoms with Crippen molar-refractivity contribution in [3.63, 3.8) is 0 Å². The topological polar surface area (TPSA) is 57.8 Å². The van der Waals surface area contributed by atoms with E-state index in [9.17, 15) is 9.18 Å². The van der Waals surface area contributed by atoms with Crippen LogP contribution in [0.4, 0.5) is 4.39 Å². The number of carbonyl (C=O) groups is 1. The van der Waals surface area contributed by atoms with Gasteiger partial charge >= 0.3 is 0 Å². The molecule has 0 saturated heterocycles. The molecule has 0 fully saturated rings. The van der Waals surface area contributed by atoms with Gasteiger partial charge in [-0.3, -0.25) is 9.89 Å². The minimum atomic E-state index is -0.459. The standard InChI is InChI=1S/C11H9BrFN3O/c12-9-2-1-7(5-10(9)13)11(17)14-6-8-3-4-15-16-8/h1-5H,6H2,(H,14,17)(H,15,16). The number of rotatable bonds is 3. The van der Waals surface area contributed by atoms with E-state index in [-0.39, 0.29) is 11.5 Å². The van der Waals surface area contributed by atoms with Crippen LogP contribution in [0.2, 0.25) is 0 Å². The normalized spacial score (nSPS) is 10.2. The smallest absolute Gasteiger partial charge is 0.251 e. The van der Waals surface area contributed by atoms with E-state index in [1.54, 1.807) is 18.3 Å². The third-order valence-corrected chi connectivity index (χ3v) is 2.82. The summed E-state index contributed by atoms with van der Waals surface area (Å²) in [6, 6.07) is 5.99. The summed E-state index contributed by atoms with van der Waals surface area (Å²) in [5, 5.41) is 9.13. The molecule has 0 spiro atoms. The molecule has 0 aliphatic rings. The number of nitrogens with one attached hydrogen (secondary N) is 2. The molecule has 1 aromatic heterocycles. The highest BCUT2D eigenvalue weighted by molar-refractivity contribution is 9.10. The van der Waals surface area contributed by atoms with E-state index in [0.717, 1.165) is 5.69 Å². The Morgan fingerprint density at radius 3 is 2.94 bits per heavy atom. The number of halogens is 2. The molecule has 1 heterocycles. The Morgan fingerprint density at radius 1 is 1.47 bits per heavy atom. The molecule has 0 bridgehead atoms. The van der Waals surface area contributed by atoms with Crippen molar-refractivity contribution in [3.05, 3.63) is 52.0 Å². The Labute approximate surface area is 105 Å². The van der Waals surface area contributed by atoms with Gasteiger partial charge in [-0.2, -0.15) is 5.10 Å². The summed E-state index contributed by atoms with van der Waals surface area (Å²) in [6.07, 6.45) is 1.60. The number of hydrogen-bond donors (Lipinski definition) is 2. The second-order valence-corrected chi connectivity index (χ2v) is 4.25. The predicted octanol–water partition coefficient (Wildman–Crippen LogP) is 2.24. The first-order chi connectivity index (χ1) is 8.16. The zero-order valence-corrected chi connectivity index (χ0v) is 10.3. The van der Waals surface area contributed by atoms with Crippen LogP contribution in [0.3, 0.4) is 0 Å². The monoisotopic (exact) mass is 297 g/mol. The Bertz CT molecular complexity index is 528. The van der Waals surface area contributed by atoms with Crippen molar-refractivity contribution in [2.45, 2.75) is 6.54 Å².